The lowest BCUT2D eigenvalue weighted by Gasteiger charge is -2.33. The summed E-state index contributed by atoms with van der Waals surface area (Å²) >= 11 is 1.27. The quantitative estimate of drug-likeness (QED) is 0.756. The molecule has 1 aliphatic heterocycles. The number of anilines is 1. The van der Waals surface area contributed by atoms with Crippen LogP contribution in [0.25, 0.3) is 0 Å². The fourth-order valence-corrected chi connectivity index (χ4v) is 2.53. The van der Waals surface area contributed by atoms with E-state index in [2.05, 4.69) is 20.4 Å². The van der Waals surface area contributed by atoms with Crippen molar-refractivity contribution in [3.8, 4) is 0 Å². The number of aliphatic hydroxyl groups excluding tert-OH is 1. The Bertz CT molecular complexity index is 403. The van der Waals surface area contributed by atoms with Crippen molar-refractivity contribution in [3.05, 3.63) is 5.01 Å². The number of hydrogen-bond donors (Lipinski definition) is 2. The molecule has 0 aromatic carbocycles. The molecule has 0 aliphatic carbocycles. The van der Waals surface area contributed by atoms with E-state index in [0.29, 0.717) is 29.8 Å². The van der Waals surface area contributed by atoms with Crippen LogP contribution in [-0.4, -0.2) is 77.4 Å². The fourth-order valence-electron chi connectivity index (χ4n) is 1.86. The van der Waals surface area contributed by atoms with Crippen molar-refractivity contribution in [2.45, 2.75) is 0 Å². The number of rotatable bonds is 4. The molecule has 1 saturated heterocycles. The van der Waals surface area contributed by atoms with E-state index in [9.17, 15) is 4.79 Å². The van der Waals surface area contributed by atoms with Crippen LogP contribution in [0.2, 0.25) is 0 Å². The van der Waals surface area contributed by atoms with Gasteiger partial charge in [-0.25, -0.2) is 0 Å². The fraction of sp³-hybridized carbons (Fsp3) is 0.700. The molecule has 0 saturated carbocycles. The predicted octanol–water partition coefficient (Wildman–Crippen LogP) is -0.670. The highest BCUT2D eigenvalue weighted by atomic mass is 32.1. The van der Waals surface area contributed by atoms with Crippen LogP contribution in [0, 0.1) is 0 Å². The number of carbonyl (C=O) groups excluding carboxylic acids is 1. The molecule has 0 bridgehead atoms. The maximum atomic E-state index is 12.1. The first-order valence-electron chi connectivity index (χ1n) is 5.88. The van der Waals surface area contributed by atoms with E-state index in [0.717, 1.165) is 13.1 Å². The van der Waals surface area contributed by atoms with Gasteiger partial charge in [0, 0.05) is 39.8 Å². The molecule has 0 atom stereocenters. The van der Waals surface area contributed by atoms with Crippen molar-refractivity contribution in [1.82, 2.24) is 20.0 Å². The average molecular weight is 271 g/mol. The van der Waals surface area contributed by atoms with Crippen molar-refractivity contribution in [2.24, 2.45) is 0 Å². The first-order valence-corrected chi connectivity index (χ1v) is 6.70. The molecule has 0 radical (unpaired) electrons. The smallest absolute Gasteiger partial charge is 0.284 e. The zero-order valence-corrected chi connectivity index (χ0v) is 11.1. The van der Waals surface area contributed by atoms with Crippen molar-refractivity contribution in [3.63, 3.8) is 0 Å². The van der Waals surface area contributed by atoms with Gasteiger partial charge in [-0.2, -0.15) is 0 Å². The van der Waals surface area contributed by atoms with Gasteiger partial charge in [0.2, 0.25) is 10.1 Å². The summed E-state index contributed by atoms with van der Waals surface area (Å²) < 4.78 is 0. The molecular weight excluding hydrogens is 254 g/mol. The summed E-state index contributed by atoms with van der Waals surface area (Å²) in [5.74, 6) is -0.0577. The standard InChI is InChI=1S/C10H17N5O2S/c1-11-10-13-12-8(18-10)9(17)15-4-2-14(3-5-15)6-7-16/h16H,2-7H2,1H3,(H,11,13). The molecule has 7 nitrogen and oxygen atoms in total. The van der Waals surface area contributed by atoms with Gasteiger partial charge in [0.25, 0.3) is 5.91 Å². The van der Waals surface area contributed by atoms with E-state index in [1.807, 2.05) is 0 Å². The number of β-amino-alcohol motifs (C(OH)–C–C–N with tert-alkyl or cyclic N) is 1. The number of nitrogens with one attached hydrogen (secondary N) is 1. The maximum Gasteiger partial charge on any atom is 0.284 e. The van der Waals surface area contributed by atoms with E-state index in [1.165, 1.54) is 11.3 Å². The van der Waals surface area contributed by atoms with E-state index in [4.69, 9.17) is 5.11 Å². The summed E-state index contributed by atoms with van der Waals surface area (Å²) in [6.45, 7) is 3.77. The van der Waals surface area contributed by atoms with E-state index in [1.54, 1.807) is 11.9 Å². The molecule has 1 aliphatic rings. The average Bonchev–Trinajstić information content (AvgIpc) is 2.88. The van der Waals surface area contributed by atoms with Gasteiger partial charge in [0.15, 0.2) is 0 Å². The van der Waals surface area contributed by atoms with Crippen LogP contribution in [0.1, 0.15) is 9.80 Å². The van der Waals surface area contributed by atoms with Gasteiger partial charge in [0.1, 0.15) is 0 Å². The van der Waals surface area contributed by atoms with Crippen molar-refractivity contribution >= 4 is 22.4 Å². The van der Waals surface area contributed by atoms with Crippen LogP contribution in [0.15, 0.2) is 0 Å². The van der Waals surface area contributed by atoms with Gasteiger partial charge >= 0.3 is 0 Å². The Kier molecular flexibility index (Phi) is 4.45. The third-order valence-electron chi connectivity index (χ3n) is 2.90. The Morgan fingerprint density at radius 3 is 2.67 bits per heavy atom. The molecule has 18 heavy (non-hydrogen) atoms. The molecule has 100 valence electrons. The minimum Gasteiger partial charge on any atom is -0.395 e. The summed E-state index contributed by atoms with van der Waals surface area (Å²) in [6, 6.07) is 0. The maximum absolute atomic E-state index is 12.1. The Morgan fingerprint density at radius 1 is 1.39 bits per heavy atom. The Labute approximate surface area is 109 Å². The lowest BCUT2D eigenvalue weighted by molar-refractivity contribution is 0.0614. The highest BCUT2D eigenvalue weighted by molar-refractivity contribution is 7.17. The van der Waals surface area contributed by atoms with Gasteiger partial charge in [0.05, 0.1) is 6.61 Å². The van der Waals surface area contributed by atoms with E-state index in [-0.39, 0.29) is 12.5 Å². The Balaban J connectivity index is 1.91. The minimum absolute atomic E-state index is 0.0577. The second kappa shape index (κ2) is 6.07. The zero-order valence-electron chi connectivity index (χ0n) is 10.3. The molecule has 1 aromatic rings. The Morgan fingerprint density at radius 2 is 2.11 bits per heavy atom. The SMILES string of the molecule is CNc1nnc(C(=O)N2CCN(CCO)CC2)s1. The third-order valence-corrected chi connectivity index (χ3v) is 3.83. The first-order chi connectivity index (χ1) is 8.74. The monoisotopic (exact) mass is 271 g/mol. The predicted molar refractivity (Wildman–Crippen MR) is 68.9 cm³/mol. The van der Waals surface area contributed by atoms with Crippen LogP contribution >= 0.6 is 11.3 Å². The van der Waals surface area contributed by atoms with Gasteiger partial charge in [-0.05, 0) is 0 Å². The van der Waals surface area contributed by atoms with E-state index < -0.39 is 0 Å². The summed E-state index contributed by atoms with van der Waals surface area (Å²) in [7, 11) is 1.75. The molecule has 2 rings (SSSR count). The van der Waals surface area contributed by atoms with Crippen LogP contribution in [-0.2, 0) is 0 Å². The third kappa shape index (κ3) is 2.95. The second-order valence-corrected chi connectivity index (χ2v) is 5.00. The number of hydrogen-bond acceptors (Lipinski definition) is 7. The molecular formula is C10H17N5O2S. The normalized spacial score (nSPS) is 16.9. The number of aromatic nitrogens is 2. The van der Waals surface area contributed by atoms with Crippen LogP contribution in [0.4, 0.5) is 5.13 Å². The molecule has 1 fully saturated rings. The number of aliphatic hydroxyl groups is 1. The largest absolute Gasteiger partial charge is 0.395 e. The molecule has 2 N–H and O–H groups in total. The topological polar surface area (TPSA) is 81.6 Å². The molecule has 0 spiro atoms. The number of piperazine rings is 1. The highest BCUT2D eigenvalue weighted by Gasteiger charge is 2.24. The lowest BCUT2D eigenvalue weighted by atomic mass is 10.3. The molecule has 8 heteroatoms. The number of amides is 1. The summed E-state index contributed by atoms with van der Waals surface area (Å²) in [5, 5.41) is 20.5. The van der Waals surface area contributed by atoms with Crippen molar-refractivity contribution < 1.29 is 9.90 Å². The molecule has 1 amide bonds. The van der Waals surface area contributed by atoms with Gasteiger partial charge in [-0.1, -0.05) is 11.3 Å². The Hall–Kier alpha value is -1.25. The molecule has 0 unspecified atom stereocenters. The minimum atomic E-state index is -0.0577. The van der Waals surface area contributed by atoms with Gasteiger partial charge < -0.3 is 15.3 Å². The first kappa shape index (κ1) is 13.2. The van der Waals surface area contributed by atoms with Crippen LogP contribution in [0.3, 0.4) is 0 Å². The van der Waals surface area contributed by atoms with Crippen LogP contribution < -0.4 is 5.32 Å². The summed E-state index contributed by atoms with van der Waals surface area (Å²) in [4.78, 5) is 16.1. The second-order valence-electron chi connectivity index (χ2n) is 4.02. The van der Waals surface area contributed by atoms with Gasteiger partial charge in [-0.15, -0.1) is 10.2 Å². The summed E-state index contributed by atoms with van der Waals surface area (Å²) in [6.07, 6.45) is 0. The number of nitrogens with zero attached hydrogens (tertiary/aromatic N) is 4. The van der Waals surface area contributed by atoms with E-state index >= 15 is 0 Å². The van der Waals surface area contributed by atoms with Crippen LogP contribution in [0.5, 0.6) is 0 Å². The molecule has 1 aromatic heterocycles. The summed E-state index contributed by atoms with van der Waals surface area (Å²) in [5.41, 5.74) is 0. The van der Waals surface area contributed by atoms with Crippen molar-refractivity contribution in [2.75, 3.05) is 51.7 Å². The van der Waals surface area contributed by atoms with Gasteiger partial charge in [-0.3, -0.25) is 9.69 Å². The lowest BCUT2D eigenvalue weighted by Crippen LogP contribution is -2.49. The zero-order chi connectivity index (χ0) is 13.0. The highest BCUT2D eigenvalue weighted by Crippen LogP contribution is 2.17. The van der Waals surface area contributed by atoms with Crippen molar-refractivity contribution in [1.29, 1.82) is 0 Å². The molecule has 2 heterocycles. The number of carbonyl (C=O) groups is 1.